The first-order valence-electron chi connectivity index (χ1n) is 2.94. The molecule has 0 saturated carbocycles. The molecule has 2 nitrogen and oxygen atoms in total. The van der Waals surface area contributed by atoms with Crippen molar-refractivity contribution in [1.29, 1.82) is 0 Å². The number of amides is 1. The summed E-state index contributed by atoms with van der Waals surface area (Å²) in [6.07, 6.45) is -1.80. The molecule has 0 aromatic rings. The Kier molecular flexibility index (Phi) is 3.64. The van der Waals surface area contributed by atoms with E-state index in [1.54, 1.807) is 18.3 Å². The Balaban J connectivity index is 3.71. The minimum atomic E-state index is -4.78. The molecule has 0 aliphatic rings. The Morgan fingerprint density at radius 3 is 2.45 bits per heavy atom. The van der Waals surface area contributed by atoms with Crippen LogP contribution < -0.4 is 5.32 Å². The van der Waals surface area contributed by atoms with Gasteiger partial charge in [0.25, 0.3) is 0 Å². The third kappa shape index (κ3) is 4.41. The summed E-state index contributed by atoms with van der Waals surface area (Å²) in [5, 5.41) is 1.67. The molecular formula is C6H8F3NO. The predicted octanol–water partition coefficient (Wildman–Crippen LogP) is 1.24. The van der Waals surface area contributed by atoms with E-state index in [1.165, 1.54) is 6.08 Å². The summed E-state index contributed by atoms with van der Waals surface area (Å²) >= 11 is 0. The van der Waals surface area contributed by atoms with E-state index in [4.69, 9.17) is 0 Å². The molecule has 1 N–H and O–H groups in total. The van der Waals surface area contributed by atoms with Crippen molar-refractivity contribution < 1.29 is 18.0 Å². The number of allylic oxidation sites excluding steroid dienone is 1. The van der Waals surface area contributed by atoms with Crippen molar-refractivity contribution in [1.82, 2.24) is 5.32 Å². The van der Waals surface area contributed by atoms with Gasteiger partial charge in [-0.2, -0.15) is 13.2 Å². The molecule has 0 spiro atoms. The van der Waals surface area contributed by atoms with E-state index >= 15 is 0 Å². The van der Waals surface area contributed by atoms with E-state index in [9.17, 15) is 18.0 Å². The number of rotatable bonds is 2. The number of hydrogen-bond donors (Lipinski definition) is 1. The van der Waals surface area contributed by atoms with Gasteiger partial charge in [0.15, 0.2) is 0 Å². The minimum Gasteiger partial charge on any atom is -0.345 e. The van der Waals surface area contributed by atoms with Crippen molar-refractivity contribution in [2.75, 3.05) is 6.54 Å². The van der Waals surface area contributed by atoms with Gasteiger partial charge >= 0.3 is 12.1 Å². The van der Waals surface area contributed by atoms with Crippen LogP contribution in [0.4, 0.5) is 13.2 Å². The Labute approximate surface area is 62.1 Å². The van der Waals surface area contributed by atoms with Crippen molar-refractivity contribution in [3.05, 3.63) is 12.2 Å². The molecule has 1 amide bonds. The average molecular weight is 167 g/mol. The molecule has 0 aromatic carbocycles. The van der Waals surface area contributed by atoms with E-state index in [2.05, 4.69) is 0 Å². The van der Waals surface area contributed by atoms with Crippen LogP contribution >= 0.6 is 0 Å². The first-order valence-corrected chi connectivity index (χ1v) is 2.94. The maximum atomic E-state index is 11.4. The zero-order valence-corrected chi connectivity index (χ0v) is 5.90. The molecule has 0 aliphatic carbocycles. The standard InChI is InChI=1S/C6H8F3NO/c1-2-3-4-10-5(11)6(7,8)9/h2-3H,4H2,1H3,(H,10,11). The lowest BCUT2D eigenvalue weighted by Gasteiger charge is -2.04. The maximum Gasteiger partial charge on any atom is 0.471 e. The van der Waals surface area contributed by atoms with E-state index in [1.807, 2.05) is 0 Å². The summed E-state index contributed by atoms with van der Waals surface area (Å²) in [4.78, 5) is 10.1. The van der Waals surface area contributed by atoms with E-state index in [0.29, 0.717) is 0 Å². The second-order valence-electron chi connectivity index (χ2n) is 1.78. The van der Waals surface area contributed by atoms with Crippen LogP contribution in [0, 0.1) is 0 Å². The lowest BCUT2D eigenvalue weighted by molar-refractivity contribution is -0.173. The molecule has 0 radical (unpaired) electrons. The van der Waals surface area contributed by atoms with E-state index in [0.717, 1.165) is 0 Å². The van der Waals surface area contributed by atoms with Crippen LogP contribution in [-0.4, -0.2) is 18.6 Å². The van der Waals surface area contributed by atoms with Crippen LogP contribution in [0.2, 0.25) is 0 Å². The normalized spacial score (nSPS) is 12.0. The number of nitrogens with one attached hydrogen (secondary N) is 1. The van der Waals surface area contributed by atoms with Gasteiger partial charge < -0.3 is 5.32 Å². The topological polar surface area (TPSA) is 29.1 Å². The third-order valence-electron chi connectivity index (χ3n) is 0.874. The highest BCUT2D eigenvalue weighted by molar-refractivity contribution is 5.81. The molecule has 0 aromatic heterocycles. The van der Waals surface area contributed by atoms with Crippen molar-refractivity contribution >= 4 is 5.91 Å². The quantitative estimate of drug-likeness (QED) is 0.616. The molecule has 5 heteroatoms. The second kappa shape index (κ2) is 4.00. The van der Waals surface area contributed by atoms with Gasteiger partial charge in [0.05, 0.1) is 0 Å². The molecule has 0 aliphatic heterocycles. The Morgan fingerprint density at radius 2 is 2.09 bits per heavy atom. The van der Waals surface area contributed by atoms with Gasteiger partial charge in [0.2, 0.25) is 0 Å². The van der Waals surface area contributed by atoms with Crippen LogP contribution in [0.3, 0.4) is 0 Å². The molecule has 11 heavy (non-hydrogen) atoms. The van der Waals surface area contributed by atoms with Gasteiger partial charge in [-0.1, -0.05) is 12.2 Å². The van der Waals surface area contributed by atoms with Crippen molar-refractivity contribution in [3.63, 3.8) is 0 Å². The predicted molar refractivity (Wildman–Crippen MR) is 33.9 cm³/mol. The van der Waals surface area contributed by atoms with Crippen LogP contribution in [0.15, 0.2) is 12.2 Å². The number of carbonyl (C=O) groups excluding carboxylic acids is 1. The lowest BCUT2D eigenvalue weighted by atomic mass is 10.5. The molecule has 0 unspecified atom stereocenters. The fraction of sp³-hybridized carbons (Fsp3) is 0.500. The number of carbonyl (C=O) groups is 1. The Hall–Kier alpha value is -1.00. The van der Waals surface area contributed by atoms with Gasteiger partial charge in [0, 0.05) is 6.54 Å². The van der Waals surface area contributed by atoms with Gasteiger partial charge in [-0.15, -0.1) is 0 Å². The van der Waals surface area contributed by atoms with Gasteiger partial charge in [0.1, 0.15) is 0 Å². The zero-order chi connectivity index (χ0) is 8.91. The summed E-state index contributed by atoms with van der Waals surface area (Å²) in [7, 11) is 0. The molecule has 0 heterocycles. The van der Waals surface area contributed by atoms with Gasteiger partial charge in [-0.3, -0.25) is 4.79 Å². The van der Waals surface area contributed by atoms with E-state index in [-0.39, 0.29) is 6.54 Å². The average Bonchev–Trinajstić information content (AvgIpc) is 1.86. The monoisotopic (exact) mass is 167 g/mol. The summed E-state index contributed by atoms with van der Waals surface area (Å²) < 4.78 is 34.3. The molecule has 0 fully saturated rings. The largest absolute Gasteiger partial charge is 0.471 e. The van der Waals surface area contributed by atoms with Crippen molar-refractivity contribution in [3.8, 4) is 0 Å². The Bertz CT molecular complexity index is 162. The Morgan fingerprint density at radius 1 is 1.55 bits per heavy atom. The molecule has 0 atom stereocenters. The first-order chi connectivity index (χ1) is 4.98. The fourth-order valence-corrected chi connectivity index (χ4v) is 0.370. The van der Waals surface area contributed by atoms with Crippen molar-refractivity contribution in [2.24, 2.45) is 0 Å². The molecular weight excluding hydrogens is 159 g/mol. The highest BCUT2D eigenvalue weighted by Crippen LogP contribution is 2.13. The van der Waals surface area contributed by atoms with Gasteiger partial charge in [-0.25, -0.2) is 0 Å². The highest BCUT2D eigenvalue weighted by atomic mass is 19.4. The summed E-state index contributed by atoms with van der Waals surface area (Å²) in [6, 6.07) is 0. The molecule has 0 bridgehead atoms. The third-order valence-corrected chi connectivity index (χ3v) is 0.874. The molecule has 0 rings (SSSR count). The number of alkyl halides is 3. The molecule has 64 valence electrons. The maximum absolute atomic E-state index is 11.4. The van der Waals surface area contributed by atoms with Gasteiger partial charge in [-0.05, 0) is 6.92 Å². The minimum absolute atomic E-state index is 0.0884. The highest BCUT2D eigenvalue weighted by Gasteiger charge is 2.37. The molecule has 0 saturated heterocycles. The van der Waals surface area contributed by atoms with Crippen LogP contribution in [0.25, 0.3) is 0 Å². The lowest BCUT2D eigenvalue weighted by Crippen LogP contribution is -2.36. The van der Waals surface area contributed by atoms with Crippen LogP contribution in [0.5, 0.6) is 0 Å². The van der Waals surface area contributed by atoms with Crippen molar-refractivity contribution in [2.45, 2.75) is 13.1 Å². The fourth-order valence-electron chi connectivity index (χ4n) is 0.370. The first kappa shape index (κ1) is 10.0. The number of halogens is 3. The zero-order valence-electron chi connectivity index (χ0n) is 5.90. The summed E-state index contributed by atoms with van der Waals surface area (Å²) in [5.74, 6) is -1.91. The van der Waals surface area contributed by atoms with Crippen LogP contribution in [-0.2, 0) is 4.79 Å². The summed E-state index contributed by atoms with van der Waals surface area (Å²) in [6.45, 7) is 1.56. The second-order valence-corrected chi connectivity index (χ2v) is 1.78. The summed E-state index contributed by atoms with van der Waals surface area (Å²) in [5.41, 5.74) is 0. The SMILES string of the molecule is CC=CCNC(=O)C(F)(F)F. The smallest absolute Gasteiger partial charge is 0.345 e. The van der Waals surface area contributed by atoms with Crippen LogP contribution in [0.1, 0.15) is 6.92 Å². The number of hydrogen-bond acceptors (Lipinski definition) is 1. The van der Waals surface area contributed by atoms with E-state index < -0.39 is 12.1 Å².